The van der Waals surface area contributed by atoms with Crippen LogP contribution < -0.4 is 37.6 Å². The Hall–Kier alpha value is -5.11. The van der Waals surface area contributed by atoms with E-state index in [1.54, 1.807) is 12.6 Å². The van der Waals surface area contributed by atoms with Crippen molar-refractivity contribution in [2.75, 3.05) is 20.7 Å². The highest BCUT2D eigenvalue weighted by Crippen LogP contribution is 2.21. The van der Waals surface area contributed by atoms with Gasteiger partial charge in [0.25, 0.3) is 0 Å². The molecule has 3 atom stereocenters. The molecule has 3 aromatic rings. The first-order valence-electron chi connectivity index (χ1n) is 15.6. The number of nitrogens with one attached hydrogen (secondary N) is 5. The van der Waals surface area contributed by atoms with E-state index in [-0.39, 0.29) is 31.8 Å². The molecule has 3 rings (SSSR count). The first kappa shape index (κ1) is 36.4. The van der Waals surface area contributed by atoms with Gasteiger partial charge in [-0.2, -0.15) is 0 Å². The SMILES string of the molecule is CNC(=O)[C@H](CCCN=C(N)N)NC(=O)[C@H](CCc1c[nH]c2ccccc12)NC(=O)[C@H](CCCc1ccc(OC)cc1)CC(=O)NO. The van der Waals surface area contributed by atoms with E-state index in [2.05, 4.69) is 25.9 Å². The van der Waals surface area contributed by atoms with Gasteiger partial charge >= 0.3 is 0 Å². The molecule has 0 bridgehead atoms. The number of hydroxylamine groups is 1. The number of guanidine groups is 1. The van der Waals surface area contributed by atoms with Crippen molar-refractivity contribution in [1.29, 1.82) is 0 Å². The quantitative estimate of drug-likeness (QED) is 0.0310. The highest BCUT2D eigenvalue weighted by atomic mass is 16.5. The number of likely N-dealkylation sites (N-methyl/N-ethyl adjacent to an activating group) is 1. The number of rotatable bonds is 19. The number of nitrogens with zero attached hydrogens (tertiary/aromatic N) is 1. The number of fused-ring (bicyclic) bond motifs is 1. The van der Waals surface area contributed by atoms with Gasteiger partial charge in [0.1, 0.15) is 17.8 Å². The molecule has 0 aliphatic carbocycles. The Morgan fingerprint density at radius 3 is 2.28 bits per heavy atom. The standard InChI is InChI=1S/C33H46N8O6/c1-36-31(44)27(11-6-18-37-33(34)35)40-32(45)28(17-14-23-20-38-26-10-4-3-9-25(23)26)39-30(43)22(19-29(42)41-46)8-5-7-21-12-15-24(47-2)16-13-21/h3-4,9-10,12-13,15-16,20,22,27-28,38,46H,5-8,11,14,17-19H2,1-2H3,(H,36,44)(H,39,43)(H,40,45)(H,41,42)(H4,34,35,37)/t22-,27+,28+/m1/s1. The number of hydrogen-bond acceptors (Lipinski definition) is 7. The summed E-state index contributed by atoms with van der Waals surface area (Å²) >= 11 is 0. The molecule has 2 aromatic carbocycles. The Kier molecular flexibility index (Phi) is 14.5. The zero-order valence-corrected chi connectivity index (χ0v) is 26.9. The highest BCUT2D eigenvalue weighted by Gasteiger charge is 2.29. The van der Waals surface area contributed by atoms with Gasteiger partial charge in [-0.05, 0) is 74.3 Å². The topological polar surface area (TPSA) is 226 Å². The van der Waals surface area contributed by atoms with Gasteiger partial charge in [0.2, 0.25) is 23.6 Å². The second-order valence-corrected chi connectivity index (χ2v) is 11.3. The Balaban J connectivity index is 1.77. The van der Waals surface area contributed by atoms with Crippen LogP contribution in [0.15, 0.2) is 59.7 Å². The van der Waals surface area contributed by atoms with Gasteiger partial charge < -0.3 is 37.1 Å². The summed E-state index contributed by atoms with van der Waals surface area (Å²) in [6.45, 7) is 0.275. The first-order valence-corrected chi connectivity index (χ1v) is 15.6. The molecule has 1 heterocycles. The van der Waals surface area contributed by atoms with Gasteiger partial charge in [-0.1, -0.05) is 30.3 Å². The van der Waals surface area contributed by atoms with E-state index < -0.39 is 41.6 Å². The summed E-state index contributed by atoms with van der Waals surface area (Å²) < 4.78 is 5.20. The van der Waals surface area contributed by atoms with Crippen molar-refractivity contribution in [2.45, 2.75) is 63.5 Å². The first-order chi connectivity index (χ1) is 22.6. The third kappa shape index (κ3) is 11.6. The summed E-state index contributed by atoms with van der Waals surface area (Å²) in [6, 6.07) is 13.4. The Morgan fingerprint density at radius 1 is 0.894 bits per heavy atom. The van der Waals surface area contributed by atoms with Crippen LogP contribution in [0.1, 0.15) is 49.7 Å². The molecule has 0 saturated heterocycles. The predicted molar refractivity (Wildman–Crippen MR) is 178 cm³/mol. The number of methoxy groups -OCH3 is 1. The second kappa shape index (κ2) is 18.8. The summed E-state index contributed by atoms with van der Waals surface area (Å²) in [5.41, 5.74) is 15.3. The minimum absolute atomic E-state index is 0.0704. The average molecular weight is 651 g/mol. The van der Waals surface area contributed by atoms with Crippen LogP contribution in [0.3, 0.4) is 0 Å². The summed E-state index contributed by atoms with van der Waals surface area (Å²) in [7, 11) is 3.06. The van der Waals surface area contributed by atoms with Crippen LogP contribution in [0.5, 0.6) is 5.75 Å². The molecule has 0 fully saturated rings. The molecular weight excluding hydrogens is 604 g/mol. The van der Waals surface area contributed by atoms with Crippen LogP contribution in [-0.4, -0.2) is 72.6 Å². The maximum Gasteiger partial charge on any atom is 0.244 e. The van der Waals surface area contributed by atoms with Gasteiger partial charge in [0, 0.05) is 43.0 Å². The number of aliphatic imine (C=N–C) groups is 1. The van der Waals surface area contributed by atoms with Crippen molar-refractivity contribution >= 4 is 40.5 Å². The van der Waals surface area contributed by atoms with Crippen LogP contribution in [0.4, 0.5) is 0 Å². The maximum atomic E-state index is 13.7. The molecular formula is C33H46N8O6. The minimum Gasteiger partial charge on any atom is -0.497 e. The number of para-hydroxylation sites is 1. The maximum absolute atomic E-state index is 13.7. The predicted octanol–water partition coefficient (Wildman–Crippen LogP) is 1.41. The van der Waals surface area contributed by atoms with Crippen molar-refractivity contribution < 1.29 is 29.1 Å². The molecule has 10 N–H and O–H groups in total. The third-order valence-corrected chi connectivity index (χ3v) is 7.94. The summed E-state index contributed by atoms with van der Waals surface area (Å²) in [6.07, 6.45) is 4.49. The van der Waals surface area contributed by atoms with Crippen molar-refractivity contribution in [2.24, 2.45) is 22.4 Å². The van der Waals surface area contributed by atoms with Gasteiger partial charge in [-0.3, -0.25) is 29.4 Å². The lowest BCUT2D eigenvalue weighted by atomic mass is 9.94. The van der Waals surface area contributed by atoms with Crippen LogP contribution >= 0.6 is 0 Å². The summed E-state index contributed by atoms with van der Waals surface area (Å²) in [4.78, 5) is 59.4. The minimum atomic E-state index is -1.03. The van der Waals surface area contributed by atoms with Gasteiger partial charge in [-0.25, -0.2) is 5.48 Å². The number of aromatic nitrogens is 1. The van der Waals surface area contributed by atoms with Gasteiger partial charge in [0.05, 0.1) is 7.11 Å². The number of carbonyl (C=O) groups excluding carboxylic acids is 4. The van der Waals surface area contributed by atoms with Crippen LogP contribution in [-0.2, 0) is 32.0 Å². The number of H-pyrrole nitrogens is 1. The lowest BCUT2D eigenvalue weighted by Gasteiger charge is -2.25. The zero-order valence-electron chi connectivity index (χ0n) is 26.9. The van der Waals surface area contributed by atoms with E-state index in [4.69, 9.17) is 16.2 Å². The van der Waals surface area contributed by atoms with E-state index in [0.717, 1.165) is 27.8 Å². The largest absolute Gasteiger partial charge is 0.497 e. The molecule has 14 heteroatoms. The fourth-order valence-corrected chi connectivity index (χ4v) is 5.36. The average Bonchev–Trinajstić information content (AvgIpc) is 3.49. The number of benzene rings is 2. The lowest BCUT2D eigenvalue weighted by molar-refractivity contribution is -0.137. The number of nitrogens with two attached hydrogens (primary N) is 2. The molecule has 4 amide bonds. The fraction of sp³-hybridized carbons (Fsp3) is 0.424. The van der Waals surface area contributed by atoms with Crippen molar-refractivity contribution in [3.05, 3.63) is 65.9 Å². The molecule has 0 aliphatic rings. The van der Waals surface area contributed by atoms with E-state index in [1.165, 1.54) is 7.05 Å². The number of aromatic amines is 1. The smallest absolute Gasteiger partial charge is 0.244 e. The lowest BCUT2D eigenvalue weighted by Crippen LogP contribution is -2.54. The Morgan fingerprint density at radius 2 is 1.60 bits per heavy atom. The molecule has 0 spiro atoms. The van der Waals surface area contributed by atoms with Gasteiger partial charge in [0.15, 0.2) is 5.96 Å². The van der Waals surface area contributed by atoms with E-state index in [0.29, 0.717) is 32.1 Å². The Bertz CT molecular complexity index is 1500. The normalized spacial score (nSPS) is 12.7. The number of hydrogen-bond donors (Lipinski definition) is 8. The van der Waals surface area contributed by atoms with Crippen LogP contribution in [0.2, 0.25) is 0 Å². The molecule has 0 unspecified atom stereocenters. The van der Waals surface area contributed by atoms with Crippen molar-refractivity contribution in [3.63, 3.8) is 0 Å². The van der Waals surface area contributed by atoms with Crippen LogP contribution in [0.25, 0.3) is 10.9 Å². The van der Waals surface area contributed by atoms with E-state index in [1.807, 2.05) is 54.7 Å². The van der Waals surface area contributed by atoms with E-state index in [9.17, 15) is 24.4 Å². The number of aryl methyl sites for hydroxylation is 2. The molecule has 1 aromatic heterocycles. The van der Waals surface area contributed by atoms with E-state index >= 15 is 0 Å². The molecule has 14 nitrogen and oxygen atoms in total. The molecule has 0 aliphatic heterocycles. The molecule has 0 saturated carbocycles. The zero-order chi connectivity index (χ0) is 34.2. The van der Waals surface area contributed by atoms with Crippen LogP contribution in [0, 0.1) is 5.92 Å². The van der Waals surface area contributed by atoms with Gasteiger partial charge in [-0.15, -0.1) is 0 Å². The summed E-state index contributed by atoms with van der Waals surface area (Å²) in [5.74, 6) is -2.33. The highest BCUT2D eigenvalue weighted by molar-refractivity contribution is 5.93. The number of amides is 4. The third-order valence-electron chi connectivity index (χ3n) is 7.94. The molecule has 0 radical (unpaired) electrons. The molecule has 254 valence electrons. The number of ether oxygens (including phenoxy) is 1. The van der Waals surface area contributed by atoms with Crippen molar-refractivity contribution in [3.8, 4) is 5.75 Å². The number of carbonyl (C=O) groups is 4. The Labute approximate surface area is 274 Å². The second-order valence-electron chi connectivity index (χ2n) is 11.3. The summed E-state index contributed by atoms with van der Waals surface area (Å²) in [5, 5.41) is 18.4. The monoisotopic (exact) mass is 650 g/mol. The molecule has 47 heavy (non-hydrogen) atoms. The fourth-order valence-electron chi connectivity index (χ4n) is 5.36. The van der Waals surface area contributed by atoms with Crippen molar-refractivity contribution in [1.82, 2.24) is 26.4 Å².